The third kappa shape index (κ3) is 3.10. The molecule has 0 N–H and O–H groups in total. The van der Waals surface area contributed by atoms with E-state index in [1.165, 1.54) is 0 Å². The number of nitrogens with zero attached hydrogens (tertiary/aromatic N) is 3. The second-order valence-electron chi connectivity index (χ2n) is 4.51. The first-order valence-electron chi connectivity index (χ1n) is 6.58. The summed E-state index contributed by atoms with van der Waals surface area (Å²) in [5.41, 5.74) is 2.49. The minimum Gasteiger partial charge on any atom is -0.487 e. The van der Waals surface area contributed by atoms with Gasteiger partial charge in [-0.25, -0.2) is 4.68 Å². The van der Waals surface area contributed by atoms with Gasteiger partial charge in [0.25, 0.3) is 0 Å². The molecule has 0 aliphatic carbocycles. The molecule has 3 aromatic rings. The van der Waals surface area contributed by atoms with Crippen LogP contribution in [0.3, 0.4) is 0 Å². The molecule has 0 saturated carbocycles. The van der Waals surface area contributed by atoms with Crippen molar-refractivity contribution in [2.75, 3.05) is 0 Å². The van der Waals surface area contributed by atoms with Crippen molar-refractivity contribution in [2.24, 2.45) is 0 Å². The summed E-state index contributed by atoms with van der Waals surface area (Å²) < 4.78 is 7.47. The van der Waals surface area contributed by atoms with Gasteiger partial charge in [-0.05, 0) is 42.5 Å². The summed E-state index contributed by atoms with van der Waals surface area (Å²) in [7, 11) is 0. The number of aromatic nitrogens is 2. The van der Waals surface area contributed by atoms with Gasteiger partial charge in [0.1, 0.15) is 18.1 Å². The van der Waals surface area contributed by atoms with E-state index in [4.69, 9.17) is 10.00 Å². The predicted molar refractivity (Wildman–Crippen MR) is 79.1 cm³/mol. The molecule has 0 atom stereocenters. The van der Waals surface area contributed by atoms with Crippen molar-refractivity contribution in [3.05, 3.63) is 78.1 Å². The predicted octanol–water partition coefficient (Wildman–Crippen LogP) is 3.32. The van der Waals surface area contributed by atoms with Crippen LogP contribution in [-0.4, -0.2) is 9.78 Å². The molecule has 0 radical (unpaired) electrons. The van der Waals surface area contributed by atoms with Crippen LogP contribution in [0.5, 0.6) is 5.75 Å². The van der Waals surface area contributed by atoms with E-state index in [1.807, 2.05) is 47.3 Å². The van der Waals surface area contributed by atoms with Crippen LogP contribution >= 0.6 is 0 Å². The molecule has 102 valence electrons. The summed E-state index contributed by atoms with van der Waals surface area (Å²) in [6.45, 7) is 0.395. The van der Waals surface area contributed by atoms with Crippen molar-refractivity contribution >= 4 is 0 Å². The Bertz CT molecular complexity index is 755. The average Bonchev–Trinajstić information content (AvgIpc) is 3.03. The molecule has 0 fully saturated rings. The first-order valence-corrected chi connectivity index (χ1v) is 6.58. The van der Waals surface area contributed by atoms with Crippen LogP contribution in [0, 0.1) is 11.3 Å². The van der Waals surface area contributed by atoms with Gasteiger partial charge in [-0.2, -0.15) is 10.4 Å². The number of ether oxygens (including phenoxy) is 1. The third-order valence-electron chi connectivity index (χ3n) is 3.04. The molecule has 3 rings (SSSR count). The van der Waals surface area contributed by atoms with E-state index in [9.17, 15) is 0 Å². The molecule has 1 aromatic heterocycles. The van der Waals surface area contributed by atoms with Gasteiger partial charge in [-0.15, -0.1) is 0 Å². The lowest BCUT2D eigenvalue weighted by Crippen LogP contribution is -1.99. The maximum atomic E-state index is 8.74. The van der Waals surface area contributed by atoms with E-state index in [0.29, 0.717) is 12.2 Å². The SMILES string of the molecule is N#Cc1ccc(OCc2ccn(-c3ccccc3)n2)cc1. The Labute approximate surface area is 122 Å². The van der Waals surface area contributed by atoms with E-state index < -0.39 is 0 Å². The summed E-state index contributed by atoms with van der Waals surface area (Å²) in [4.78, 5) is 0. The summed E-state index contributed by atoms with van der Waals surface area (Å²) in [6.07, 6.45) is 1.91. The topological polar surface area (TPSA) is 50.8 Å². The van der Waals surface area contributed by atoms with E-state index in [1.54, 1.807) is 24.3 Å². The molecule has 0 unspecified atom stereocenters. The maximum absolute atomic E-state index is 8.74. The zero-order chi connectivity index (χ0) is 14.5. The van der Waals surface area contributed by atoms with Gasteiger partial charge >= 0.3 is 0 Å². The Hall–Kier alpha value is -3.06. The monoisotopic (exact) mass is 275 g/mol. The Morgan fingerprint density at radius 3 is 2.48 bits per heavy atom. The van der Waals surface area contributed by atoms with Crippen LogP contribution in [0.25, 0.3) is 5.69 Å². The Kier molecular flexibility index (Phi) is 3.66. The highest BCUT2D eigenvalue weighted by atomic mass is 16.5. The minimum absolute atomic E-state index is 0.395. The first-order chi connectivity index (χ1) is 10.3. The molecule has 4 nitrogen and oxygen atoms in total. The Morgan fingerprint density at radius 1 is 1.00 bits per heavy atom. The number of benzene rings is 2. The van der Waals surface area contributed by atoms with Crippen molar-refractivity contribution in [2.45, 2.75) is 6.61 Å². The highest BCUT2D eigenvalue weighted by molar-refractivity contribution is 5.34. The average molecular weight is 275 g/mol. The van der Waals surface area contributed by atoms with Crippen molar-refractivity contribution in [1.29, 1.82) is 5.26 Å². The number of nitriles is 1. The van der Waals surface area contributed by atoms with Crippen LogP contribution in [0.1, 0.15) is 11.3 Å². The zero-order valence-electron chi connectivity index (χ0n) is 11.3. The summed E-state index contributed by atoms with van der Waals surface area (Å²) in [6, 6.07) is 21.0. The fourth-order valence-corrected chi connectivity index (χ4v) is 1.95. The van der Waals surface area contributed by atoms with Crippen molar-refractivity contribution in [3.63, 3.8) is 0 Å². The van der Waals surface area contributed by atoms with Gasteiger partial charge in [0.15, 0.2) is 0 Å². The van der Waals surface area contributed by atoms with Crippen LogP contribution in [0.2, 0.25) is 0 Å². The molecule has 0 saturated heterocycles. The normalized spacial score (nSPS) is 10.0. The number of rotatable bonds is 4. The first kappa shape index (κ1) is 12.9. The summed E-state index contributed by atoms with van der Waals surface area (Å²) >= 11 is 0. The standard InChI is InChI=1S/C17H13N3O/c18-12-14-6-8-17(9-7-14)21-13-15-10-11-20(19-15)16-4-2-1-3-5-16/h1-11H,13H2. The number of hydrogen-bond donors (Lipinski definition) is 0. The van der Waals surface area contributed by atoms with E-state index in [0.717, 1.165) is 17.1 Å². The lowest BCUT2D eigenvalue weighted by Gasteiger charge is -2.04. The van der Waals surface area contributed by atoms with Gasteiger partial charge in [-0.3, -0.25) is 0 Å². The lowest BCUT2D eigenvalue weighted by molar-refractivity contribution is 0.300. The molecule has 0 aliphatic heterocycles. The fraction of sp³-hybridized carbons (Fsp3) is 0.0588. The molecular weight excluding hydrogens is 262 g/mol. The van der Waals surface area contributed by atoms with Gasteiger partial charge in [0.2, 0.25) is 0 Å². The fourth-order valence-electron chi connectivity index (χ4n) is 1.95. The molecule has 0 spiro atoms. The molecular formula is C17H13N3O. The smallest absolute Gasteiger partial charge is 0.132 e. The van der Waals surface area contributed by atoms with Crippen molar-refractivity contribution in [1.82, 2.24) is 9.78 Å². The molecule has 21 heavy (non-hydrogen) atoms. The van der Waals surface area contributed by atoms with Gasteiger partial charge in [-0.1, -0.05) is 18.2 Å². The van der Waals surface area contributed by atoms with Crippen LogP contribution in [0.4, 0.5) is 0 Å². The van der Waals surface area contributed by atoms with Gasteiger partial charge < -0.3 is 4.74 Å². The maximum Gasteiger partial charge on any atom is 0.132 e. The van der Waals surface area contributed by atoms with E-state index in [-0.39, 0.29) is 0 Å². The molecule has 4 heteroatoms. The summed E-state index contributed by atoms with van der Waals surface area (Å²) in [5.74, 6) is 0.725. The highest BCUT2D eigenvalue weighted by Crippen LogP contribution is 2.14. The van der Waals surface area contributed by atoms with Gasteiger partial charge in [0, 0.05) is 6.20 Å². The summed E-state index contributed by atoms with van der Waals surface area (Å²) in [5, 5.41) is 13.2. The lowest BCUT2D eigenvalue weighted by atomic mass is 10.2. The van der Waals surface area contributed by atoms with Crippen molar-refractivity contribution in [3.8, 4) is 17.5 Å². The highest BCUT2D eigenvalue weighted by Gasteiger charge is 2.02. The van der Waals surface area contributed by atoms with Crippen LogP contribution < -0.4 is 4.74 Å². The van der Waals surface area contributed by atoms with Gasteiger partial charge in [0.05, 0.1) is 17.3 Å². The Balaban J connectivity index is 1.66. The molecule has 0 bridgehead atoms. The van der Waals surface area contributed by atoms with Crippen LogP contribution in [-0.2, 0) is 6.61 Å². The largest absolute Gasteiger partial charge is 0.487 e. The minimum atomic E-state index is 0.395. The zero-order valence-corrected chi connectivity index (χ0v) is 11.3. The van der Waals surface area contributed by atoms with E-state index >= 15 is 0 Å². The number of para-hydroxylation sites is 1. The molecule has 0 aliphatic rings. The quantitative estimate of drug-likeness (QED) is 0.734. The Morgan fingerprint density at radius 2 is 1.76 bits per heavy atom. The van der Waals surface area contributed by atoms with Crippen molar-refractivity contribution < 1.29 is 4.74 Å². The number of hydrogen-bond acceptors (Lipinski definition) is 3. The third-order valence-corrected chi connectivity index (χ3v) is 3.04. The van der Waals surface area contributed by atoms with E-state index in [2.05, 4.69) is 11.2 Å². The molecule has 2 aromatic carbocycles. The second-order valence-corrected chi connectivity index (χ2v) is 4.51. The molecule has 1 heterocycles. The molecule has 0 amide bonds. The van der Waals surface area contributed by atoms with Crippen LogP contribution in [0.15, 0.2) is 66.9 Å². The second kappa shape index (κ2) is 5.93.